The molecule has 1 fully saturated rings. The highest BCUT2D eigenvalue weighted by Crippen LogP contribution is 2.17. The summed E-state index contributed by atoms with van der Waals surface area (Å²) in [5.74, 6) is -0.172. The zero-order valence-electron chi connectivity index (χ0n) is 8.99. The maximum atomic E-state index is 11.4. The van der Waals surface area contributed by atoms with E-state index in [4.69, 9.17) is 9.78 Å². The molecule has 1 rings (SSSR count). The van der Waals surface area contributed by atoms with Gasteiger partial charge in [0.05, 0.1) is 12.5 Å². The zero-order valence-corrected chi connectivity index (χ0v) is 8.99. The molecule has 1 aliphatic heterocycles. The second-order valence-corrected chi connectivity index (χ2v) is 3.80. The Morgan fingerprint density at radius 2 is 2.07 bits per heavy atom. The number of nitrogens with zero attached hydrogens (tertiary/aromatic N) is 1. The van der Waals surface area contributed by atoms with Gasteiger partial charge in [-0.25, -0.2) is 4.79 Å². The Morgan fingerprint density at radius 1 is 1.43 bits per heavy atom. The largest absolute Gasteiger partial charge is 0.345 e. The number of hydrogen-bond donors (Lipinski definition) is 0. The van der Waals surface area contributed by atoms with Crippen LogP contribution in [0, 0.1) is 5.92 Å². The van der Waals surface area contributed by atoms with E-state index in [2.05, 4.69) is 11.9 Å². The first-order valence-electron chi connectivity index (χ1n) is 5.26. The van der Waals surface area contributed by atoms with E-state index in [1.165, 1.54) is 0 Å². The minimum Gasteiger partial charge on any atom is -0.306 e. The van der Waals surface area contributed by atoms with E-state index in [9.17, 15) is 4.79 Å². The molecule has 1 saturated heterocycles. The van der Waals surface area contributed by atoms with E-state index < -0.39 is 0 Å². The molecular weight excluding hydrogens is 182 g/mol. The van der Waals surface area contributed by atoms with Crippen molar-refractivity contribution in [2.75, 3.05) is 26.7 Å². The van der Waals surface area contributed by atoms with Crippen molar-refractivity contribution in [3.05, 3.63) is 0 Å². The highest BCUT2D eigenvalue weighted by atomic mass is 17.2. The van der Waals surface area contributed by atoms with Gasteiger partial charge in [-0.1, -0.05) is 6.92 Å². The maximum Gasteiger partial charge on any atom is 0.345 e. The topological polar surface area (TPSA) is 38.8 Å². The lowest BCUT2D eigenvalue weighted by Crippen LogP contribution is -2.34. The summed E-state index contributed by atoms with van der Waals surface area (Å²) in [6.07, 6.45) is 2.62. The van der Waals surface area contributed by atoms with E-state index in [1.54, 1.807) is 0 Å². The molecule has 0 bridgehead atoms. The molecule has 0 aromatic carbocycles. The monoisotopic (exact) mass is 201 g/mol. The van der Waals surface area contributed by atoms with Crippen molar-refractivity contribution in [2.45, 2.75) is 26.2 Å². The van der Waals surface area contributed by atoms with Gasteiger partial charge in [0.1, 0.15) is 0 Å². The summed E-state index contributed by atoms with van der Waals surface area (Å²) in [5.41, 5.74) is 0. The molecule has 1 heterocycles. The van der Waals surface area contributed by atoms with Gasteiger partial charge in [0.25, 0.3) is 0 Å². The highest BCUT2D eigenvalue weighted by molar-refractivity contribution is 5.71. The molecule has 0 amide bonds. The second kappa shape index (κ2) is 5.98. The Kier molecular flexibility index (Phi) is 4.90. The fourth-order valence-electron chi connectivity index (χ4n) is 1.50. The van der Waals surface area contributed by atoms with Crippen LogP contribution >= 0.6 is 0 Å². The number of rotatable bonds is 4. The van der Waals surface area contributed by atoms with Crippen molar-refractivity contribution < 1.29 is 14.6 Å². The van der Waals surface area contributed by atoms with Crippen molar-refractivity contribution in [3.63, 3.8) is 0 Å². The van der Waals surface area contributed by atoms with E-state index in [0.717, 1.165) is 32.4 Å². The van der Waals surface area contributed by atoms with Crippen molar-refractivity contribution in [1.29, 1.82) is 0 Å². The normalized spacial score (nSPS) is 19.6. The number of hydrogen-bond acceptors (Lipinski definition) is 4. The van der Waals surface area contributed by atoms with E-state index in [1.807, 2.05) is 6.92 Å². The summed E-state index contributed by atoms with van der Waals surface area (Å²) < 4.78 is 0. The van der Waals surface area contributed by atoms with E-state index >= 15 is 0 Å². The maximum absolute atomic E-state index is 11.4. The predicted octanol–water partition coefficient (Wildman–Crippen LogP) is 1.21. The fraction of sp³-hybridized carbons (Fsp3) is 0.900. The SMILES string of the molecule is CCCOOC(=O)C1CCN(C)CC1. The van der Waals surface area contributed by atoms with Gasteiger partial charge in [0.2, 0.25) is 0 Å². The van der Waals surface area contributed by atoms with Gasteiger partial charge in [0, 0.05) is 0 Å². The van der Waals surface area contributed by atoms with E-state index in [0.29, 0.717) is 6.61 Å². The first kappa shape index (κ1) is 11.5. The zero-order chi connectivity index (χ0) is 10.4. The number of piperidine rings is 1. The van der Waals surface area contributed by atoms with Gasteiger partial charge >= 0.3 is 5.97 Å². The molecule has 0 N–H and O–H groups in total. The minimum absolute atomic E-state index is 0.0306. The summed E-state index contributed by atoms with van der Waals surface area (Å²) in [5, 5.41) is 0. The van der Waals surface area contributed by atoms with Gasteiger partial charge in [0.15, 0.2) is 0 Å². The third kappa shape index (κ3) is 3.64. The van der Waals surface area contributed by atoms with Crippen LogP contribution in [0.4, 0.5) is 0 Å². The molecule has 0 aromatic heterocycles. The molecule has 14 heavy (non-hydrogen) atoms. The quantitative estimate of drug-likeness (QED) is 0.389. The van der Waals surface area contributed by atoms with Crippen LogP contribution in [0.25, 0.3) is 0 Å². The molecule has 4 heteroatoms. The smallest absolute Gasteiger partial charge is 0.306 e. The first-order valence-corrected chi connectivity index (χ1v) is 5.26. The Morgan fingerprint density at radius 3 is 2.64 bits per heavy atom. The summed E-state index contributed by atoms with van der Waals surface area (Å²) >= 11 is 0. The van der Waals surface area contributed by atoms with Gasteiger partial charge in [-0.2, -0.15) is 4.89 Å². The van der Waals surface area contributed by atoms with Gasteiger partial charge < -0.3 is 4.90 Å². The van der Waals surface area contributed by atoms with Crippen LogP contribution in [-0.4, -0.2) is 37.6 Å². The standard InChI is InChI=1S/C10H19NO3/c1-3-8-13-14-10(12)9-4-6-11(2)7-5-9/h9H,3-8H2,1-2H3. The van der Waals surface area contributed by atoms with Crippen LogP contribution in [0.3, 0.4) is 0 Å². The second-order valence-electron chi connectivity index (χ2n) is 3.80. The molecule has 0 radical (unpaired) electrons. The van der Waals surface area contributed by atoms with Crippen molar-refractivity contribution >= 4 is 5.97 Å². The average Bonchev–Trinajstić information content (AvgIpc) is 2.19. The van der Waals surface area contributed by atoms with Crippen LogP contribution in [0.5, 0.6) is 0 Å². The number of carbonyl (C=O) groups is 1. The average molecular weight is 201 g/mol. The number of carbonyl (C=O) groups excluding carboxylic acids is 1. The van der Waals surface area contributed by atoms with Crippen LogP contribution in [0.15, 0.2) is 0 Å². The lowest BCUT2D eigenvalue weighted by atomic mass is 9.98. The van der Waals surface area contributed by atoms with E-state index in [-0.39, 0.29) is 11.9 Å². The Hall–Kier alpha value is -0.610. The lowest BCUT2D eigenvalue weighted by molar-refractivity contribution is -0.276. The van der Waals surface area contributed by atoms with Crippen LogP contribution in [0.2, 0.25) is 0 Å². The van der Waals surface area contributed by atoms with Gasteiger partial charge in [-0.05, 0) is 39.4 Å². The van der Waals surface area contributed by atoms with Crippen molar-refractivity contribution in [3.8, 4) is 0 Å². The third-order valence-corrected chi connectivity index (χ3v) is 2.48. The van der Waals surface area contributed by atoms with Crippen LogP contribution in [-0.2, 0) is 14.6 Å². The Labute approximate surface area is 85.1 Å². The summed E-state index contributed by atoms with van der Waals surface area (Å²) in [6, 6.07) is 0. The summed E-state index contributed by atoms with van der Waals surface area (Å²) in [7, 11) is 2.06. The minimum atomic E-state index is -0.202. The molecular formula is C10H19NO3. The van der Waals surface area contributed by atoms with Crippen LogP contribution in [0.1, 0.15) is 26.2 Å². The highest BCUT2D eigenvalue weighted by Gasteiger charge is 2.25. The van der Waals surface area contributed by atoms with Gasteiger partial charge in [-0.3, -0.25) is 4.89 Å². The lowest BCUT2D eigenvalue weighted by Gasteiger charge is -2.26. The summed E-state index contributed by atoms with van der Waals surface area (Å²) in [4.78, 5) is 23.1. The predicted molar refractivity (Wildman–Crippen MR) is 52.6 cm³/mol. The van der Waals surface area contributed by atoms with Crippen molar-refractivity contribution in [1.82, 2.24) is 4.90 Å². The molecule has 0 aromatic rings. The molecule has 1 aliphatic rings. The number of likely N-dealkylation sites (tertiary alicyclic amines) is 1. The third-order valence-electron chi connectivity index (χ3n) is 2.48. The fourth-order valence-corrected chi connectivity index (χ4v) is 1.50. The first-order chi connectivity index (χ1) is 6.74. The molecule has 0 aliphatic carbocycles. The van der Waals surface area contributed by atoms with Gasteiger partial charge in [-0.15, -0.1) is 0 Å². The summed E-state index contributed by atoms with van der Waals surface area (Å²) in [6.45, 7) is 4.39. The molecule has 0 saturated carbocycles. The molecule has 0 atom stereocenters. The Bertz CT molecular complexity index is 176. The molecule has 0 unspecified atom stereocenters. The molecule has 82 valence electrons. The van der Waals surface area contributed by atoms with Crippen molar-refractivity contribution in [2.24, 2.45) is 5.92 Å². The molecule has 4 nitrogen and oxygen atoms in total. The molecule has 0 spiro atoms. The van der Waals surface area contributed by atoms with Crippen LogP contribution < -0.4 is 0 Å². The Balaban J connectivity index is 2.17.